The Morgan fingerprint density at radius 3 is 2.90 bits per heavy atom. The number of aliphatic hydroxyl groups is 1. The van der Waals surface area contributed by atoms with Crippen molar-refractivity contribution in [2.75, 3.05) is 0 Å². The molecule has 0 atom stereocenters. The predicted octanol–water partition coefficient (Wildman–Crippen LogP) is 1.48. The molecule has 1 rings (SSSR count). The zero-order chi connectivity index (χ0) is 7.56. The molecule has 0 saturated heterocycles. The van der Waals surface area contributed by atoms with Crippen LogP contribution in [-0.2, 0) is 6.61 Å². The van der Waals surface area contributed by atoms with Crippen molar-refractivity contribution in [3.63, 3.8) is 0 Å². The summed E-state index contributed by atoms with van der Waals surface area (Å²) >= 11 is 3.05. The molecule has 0 amide bonds. The number of rotatable bonds is 1. The molecule has 54 valence electrons. The van der Waals surface area contributed by atoms with Gasteiger partial charge in [0.1, 0.15) is 10.4 Å². The van der Waals surface area contributed by atoms with Gasteiger partial charge in [-0.25, -0.2) is 9.37 Å². The summed E-state index contributed by atoms with van der Waals surface area (Å²) in [7, 11) is 0. The van der Waals surface area contributed by atoms with Crippen LogP contribution in [0.2, 0.25) is 0 Å². The first-order valence-electron chi connectivity index (χ1n) is 2.65. The van der Waals surface area contributed by atoms with E-state index in [4.69, 9.17) is 5.11 Å². The highest BCUT2D eigenvalue weighted by atomic mass is 79.9. The number of hydrogen-bond acceptors (Lipinski definition) is 2. The Labute approximate surface area is 65.8 Å². The number of aromatic nitrogens is 1. The molecule has 1 aromatic heterocycles. The van der Waals surface area contributed by atoms with Crippen molar-refractivity contribution in [1.29, 1.82) is 0 Å². The summed E-state index contributed by atoms with van der Waals surface area (Å²) in [5.41, 5.74) is 0.252. The maximum atomic E-state index is 12.5. The zero-order valence-electron chi connectivity index (χ0n) is 5.01. The number of halogens is 2. The third-order valence-electron chi connectivity index (χ3n) is 1.07. The zero-order valence-corrected chi connectivity index (χ0v) is 6.60. The van der Waals surface area contributed by atoms with E-state index in [-0.39, 0.29) is 12.2 Å². The third-order valence-corrected chi connectivity index (χ3v) is 1.51. The molecule has 0 aliphatic rings. The van der Waals surface area contributed by atoms with Crippen LogP contribution in [0.25, 0.3) is 0 Å². The molecule has 0 spiro atoms. The Hall–Kier alpha value is -0.480. The number of nitrogens with zero attached hydrogens (tertiary/aromatic N) is 1. The smallest absolute Gasteiger partial charge is 0.147 e. The van der Waals surface area contributed by atoms with E-state index < -0.39 is 5.82 Å². The number of hydrogen-bond donors (Lipinski definition) is 1. The molecule has 0 aromatic carbocycles. The first kappa shape index (κ1) is 7.63. The van der Waals surface area contributed by atoms with Gasteiger partial charge in [0.15, 0.2) is 0 Å². The second-order valence-corrected chi connectivity index (χ2v) is 2.57. The normalized spacial score (nSPS) is 9.90. The molecular formula is C6H5BrFNO. The number of pyridine rings is 1. The second kappa shape index (κ2) is 3.07. The summed E-state index contributed by atoms with van der Waals surface area (Å²) in [5, 5.41) is 8.55. The van der Waals surface area contributed by atoms with Gasteiger partial charge in [0, 0.05) is 5.56 Å². The minimum Gasteiger partial charge on any atom is -0.392 e. The minimum atomic E-state index is -0.481. The van der Waals surface area contributed by atoms with Crippen molar-refractivity contribution in [3.8, 4) is 0 Å². The van der Waals surface area contributed by atoms with Gasteiger partial charge in [0.25, 0.3) is 0 Å². The SMILES string of the molecule is OCc1cc(Br)ncc1F. The van der Waals surface area contributed by atoms with Gasteiger partial charge in [-0.05, 0) is 22.0 Å². The molecule has 0 radical (unpaired) electrons. The molecular weight excluding hydrogens is 201 g/mol. The number of aliphatic hydroxyl groups excluding tert-OH is 1. The van der Waals surface area contributed by atoms with Gasteiger partial charge >= 0.3 is 0 Å². The molecule has 0 fully saturated rings. The summed E-state index contributed by atoms with van der Waals surface area (Å²) in [4.78, 5) is 3.62. The van der Waals surface area contributed by atoms with E-state index >= 15 is 0 Å². The molecule has 0 aliphatic heterocycles. The molecule has 1 aromatic rings. The highest BCUT2D eigenvalue weighted by Crippen LogP contribution is 2.11. The average Bonchev–Trinajstić information content (AvgIpc) is 1.94. The molecule has 2 nitrogen and oxygen atoms in total. The van der Waals surface area contributed by atoms with E-state index in [1.165, 1.54) is 6.07 Å². The van der Waals surface area contributed by atoms with E-state index in [0.717, 1.165) is 6.20 Å². The first-order chi connectivity index (χ1) is 4.74. The third kappa shape index (κ3) is 1.52. The Kier molecular flexibility index (Phi) is 2.34. The topological polar surface area (TPSA) is 33.1 Å². The van der Waals surface area contributed by atoms with E-state index in [2.05, 4.69) is 20.9 Å². The average molecular weight is 206 g/mol. The van der Waals surface area contributed by atoms with Crippen LogP contribution in [-0.4, -0.2) is 10.1 Å². The molecule has 10 heavy (non-hydrogen) atoms. The fraction of sp³-hybridized carbons (Fsp3) is 0.167. The van der Waals surface area contributed by atoms with Gasteiger partial charge in [-0.1, -0.05) is 0 Å². The maximum Gasteiger partial charge on any atom is 0.147 e. The van der Waals surface area contributed by atoms with E-state index in [0.29, 0.717) is 4.60 Å². The van der Waals surface area contributed by atoms with Crippen LogP contribution in [0, 0.1) is 5.82 Å². The molecule has 0 unspecified atom stereocenters. The molecule has 0 bridgehead atoms. The quantitative estimate of drug-likeness (QED) is 0.705. The van der Waals surface area contributed by atoms with Crippen LogP contribution in [0.4, 0.5) is 4.39 Å². The van der Waals surface area contributed by atoms with Crippen molar-refractivity contribution in [3.05, 3.63) is 28.2 Å². The lowest BCUT2D eigenvalue weighted by atomic mass is 10.3. The fourth-order valence-electron chi connectivity index (χ4n) is 0.572. The van der Waals surface area contributed by atoms with Crippen LogP contribution >= 0.6 is 15.9 Å². The predicted molar refractivity (Wildman–Crippen MR) is 37.8 cm³/mol. The minimum absolute atomic E-state index is 0.252. The molecule has 1 heterocycles. The van der Waals surface area contributed by atoms with Crippen LogP contribution in [0.15, 0.2) is 16.9 Å². The van der Waals surface area contributed by atoms with Crippen LogP contribution < -0.4 is 0 Å². The standard InChI is InChI=1S/C6H5BrFNO/c7-6-1-4(3-10)5(8)2-9-6/h1-2,10H,3H2. The molecule has 1 N–H and O–H groups in total. The molecule has 0 saturated carbocycles. The van der Waals surface area contributed by atoms with Crippen molar-refractivity contribution >= 4 is 15.9 Å². The van der Waals surface area contributed by atoms with Crippen molar-refractivity contribution < 1.29 is 9.50 Å². The van der Waals surface area contributed by atoms with Gasteiger partial charge in [0.2, 0.25) is 0 Å². The van der Waals surface area contributed by atoms with Gasteiger partial charge in [-0.2, -0.15) is 0 Å². The van der Waals surface area contributed by atoms with Crippen molar-refractivity contribution in [1.82, 2.24) is 4.98 Å². The van der Waals surface area contributed by atoms with Gasteiger partial charge in [0.05, 0.1) is 12.8 Å². The molecule has 0 aliphatic carbocycles. The van der Waals surface area contributed by atoms with Gasteiger partial charge < -0.3 is 5.11 Å². The monoisotopic (exact) mass is 205 g/mol. The highest BCUT2D eigenvalue weighted by Gasteiger charge is 2.00. The maximum absolute atomic E-state index is 12.5. The van der Waals surface area contributed by atoms with E-state index in [1.54, 1.807) is 0 Å². The summed E-state index contributed by atoms with van der Waals surface area (Å²) in [6.07, 6.45) is 1.07. The van der Waals surface area contributed by atoms with E-state index in [1.807, 2.05) is 0 Å². The van der Waals surface area contributed by atoms with Crippen LogP contribution in [0.3, 0.4) is 0 Å². The largest absolute Gasteiger partial charge is 0.392 e. The summed E-state index contributed by atoms with van der Waals surface area (Å²) in [6, 6.07) is 1.44. The van der Waals surface area contributed by atoms with Gasteiger partial charge in [-0.15, -0.1) is 0 Å². The Balaban J connectivity index is 3.09. The summed E-state index contributed by atoms with van der Waals surface area (Å²) in [5.74, 6) is -0.481. The van der Waals surface area contributed by atoms with Gasteiger partial charge in [-0.3, -0.25) is 0 Å². The summed E-state index contributed by atoms with van der Waals surface area (Å²) < 4.78 is 13.1. The highest BCUT2D eigenvalue weighted by molar-refractivity contribution is 9.10. The summed E-state index contributed by atoms with van der Waals surface area (Å²) in [6.45, 7) is -0.299. The Morgan fingerprint density at radius 2 is 2.40 bits per heavy atom. The van der Waals surface area contributed by atoms with Crippen molar-refractivity contribution in [2.24, 2.45) is 0 Å². The Morgan fingerprint density at radius 1 is 1.70 bits per heavy atom. The van der Waals surface area contributed by atoms with Crippen LogP contribution in [0.1, 0.15) is 5.56 Å². The second-order valence-electron chi connectivity index (χ2n) is 1.76. The first-order valence-corrected chi connectivity index (χ1v) is 3.44. The van der Waals surface area contributed by atoms with Crippen LogP contribution in [0.5, 0.6) is 0 Å². The molecule has 4 heteroatoms. The van der Waals surface area contributed by atoms with Crippen molar-refractivity contribution in [2.45, 2.75) is 6.61 Å². The lowest BCUT2D eigenvalue weighted by molar-refractivity contribution is 0.275. The fourth-order valence-corrected chi connectivity index (χ4v) is 0.951. The van der Waals surface area contributed by atoms with E-state index in [9.17, 15) is 4.39 Å². The lowest BCUT2D eigenvalue weighted by Crippen LogP contribution is -1.90. The Bertz CT molecular complexity index is 241. The lowest BCUT2D eigenvalue weighted by Gasteiger charge is -1.96.